The predicted molar refractivity (Wildman–Crippen MR) is 129 cm³/mol. The Morgan fingerprint density at radius 1 is 0.968 bits per heavy atom. The van der Waals surface area contributed by atoms with Gasteiger partial charge in [-0.05, 0) is 51.7 Å². The van der Waals surface area contributed by atoms with Crippen LogP contribution in [0.1, 0.15) is 40.2 Å². The zero-order valence-electron chi connectivity index (χ0n) is 18.9. The SMILES string of the molecule is CC(C)OB(OC(C)(C)C)c1ccc2c(c1)-c1ccccc1N1C2=NC2C=CC=CC21. The number of aliphatic imine (C=N–C) groups is 1. The lowest BCUT2D eigenvalue weighted by atomic mass is 9.75. The third-order valence-corrected chi connectivity index (χ3v) is 5.74. The lowest BCUT2D eigenvalue weighted by Crippen LogP contribution is -2.45. The Kier molecular flexibility index (Phi) is 4.91. The van der Waals surface area contributed by atoms with E-state index in [-0.39, 0.29) is 23.8 Å². The van der Waals surface area contributed by atoms with Crippen LogP contribution in [0.15, 0.2) is 71.8 Å². The Labute approximate surface area is 185 Å². The van der Waals surface area contributed by atoms with Crippen molar-refractivity contribution in [1.29, 1.82) is 0 Å². The maximum Gasteiger partial charge on any atom is 0.494 e. The van der Waals surface area contributed by atoms with Gasteiger partial charge in [-0.3, -0.25) is 4.99 Å². The number of fused-ring (bicyclic) bond motifs is 8. The Morgan fingerprint density at radius 3 is 2.52 bits per heavy atom. The molecule has 2 heterocycles. The Bertz CT molecular complexity index is 1100. The van der Waals surface area contributed by atoms with Crippen LogP contribution in [-0.4, -0.2) is 36.7 Å². The van der Waals surface area contributed by atoms with Gasteiger partial charge in [-0.15, -0.1) is 0 Å². The number of nitrogens with zero attached hydrogens (tertiary/aromatic N) is 2. The lowest BCUT2D eigenvalue weighted by Gasteiger charge is -2.35. The Morgan fingerprint density at radius 2 is 1.74 bits per heavy atom. The van der Waals surface area contributed by atoms with Crippen LogP contribution in [0.3, 0.4) is 0 Å². The van der Waals surface area contributed by atoms with E-state index in [1.165, 1.54) is 16.8 Å². The van der Waals surface area contributed by atoms with E-state index in [1.807, 2.05) is 13.8 Å². The van der Waals surface area contributed by atoms with Crippen molar-refractivity contribution in [2.24, 2.45) is 4.99 Å². The molecule has 0 radical (unpaired) electrons. The van der Waals surface area contributed by atoms with Gasteiger partial charge < -0.3 is 14.2 Å². The molecular formula is C26H29BN2O2. The standard InChI is InChI=1S/C26H29BN2O2/c1-17(2)30-27(31-26(3,4)5)18-14-15-20-21(16-18)19-10-6-8-12-23(19)29-24-13-9-7-11-22(24)28-25(20)29/h6-17,22,24H,1-5H3. The highest BCUT2D eigenvalue weighted by molar-refractivity contribution is 6.61. The number of hydrogen-bond acceptors (Lipinski definition) is 4. The minimum absolute atomic E-state index is 0.0621. The third-order valence-electron chi connectivity index (χ3n) is 5.74. The molecule has 0 spiro atoms. The van der Waals surface area contributed by atoms with E-state index in [2.05, 4.69) is 92.4 Å². The molecule has 0 saturated carbocycles. The summed E-state index contributed by atoms with van der Waals surface area (Å²) in [6, 6.07) is 15.5. The molecule has 0 saturated heterocycles. The summed E-state index contributed by atoms with van der Waals surface area (Å²) in [7, 11) is -0.422. The highest BCUT2D eigenvalue weighted by Crippen LogP contribution is 2.43. The van der Waals surface area contributed by atoms with Gasteiger partial charge in [0.1, 0.15) is 5.84 Å². The van der Waals surface area contributed by atoms with Gasteiger partial charge in [0.2, 0.25) is 0 Å². The van der Waals surface area contributed by atoms with Gasteiger partial charge in [-0.1, -0.05) is 60.7 Å². The lowest BCUT2D eigenvalue weighted by molar-refractivity contribution is 0.0757. The van der Waals surface area contributed by atoms with Crippen LogP contribution in [0.2, 0.25) is 0 Å². The van der Waals surface area contributed by atoms with E-state index >= 15 is 0 Å². The fraction of sp³-hybridized carbons (Fsp3) is 0.346. The van der Waals surface area contributed by atoms with Crippen LogP contribution in [0.4, 0.5) is 5.69 Å². The summed E-state index contributed by atoms with van der Waals surface area (Å²) in [5, 5.41) is 0. The molecule has 0 N–H and O–H groups in total. The molecule has 2 aromatic rings. The second kappa shape index (κ2) is 7.50. The number of allylic oxidation sites excluding steroid dienone is 2. The van der Waals surface area contributed by atoms with Gasteiger partial charge in [0, 0.05) is 22.8 Å². The van der Waals surface area contributed by atoms with Crippen molar-refractivity contribution in [2.75, 3.05) is 4.90 Å². The normalized spacial score (nSPS) is 20.8. The molecule has 158 valence electrons. The zero-order valence-corrected chi connectivity index (χ0v) is 18.9. The molecule has 0 amide bonds. The van der Waals surface area contributed by atoms with Gasteiger partial charge in [0.25, 0.3) is 0 Å². The predicted octanol–water partition coefficient (Wildman–Crippen LogP) is 4.73. The van der Waals surface area contributed by atoms with E-state index in [0.29, 0.717) is 0 Å². The monoisotopic (exact) mass is 412 g/mol. The first kappa shape index (κ1) is 20.3. The largest absolute Gasteiger partial charge is 0.494 e. The average molecular weight is 412 g/mol. The second-order valence-corrected chi connectivity index (χ2v) is 9.64. The third kappa shape index (κ3) is 3.66. The summed E-state index contributed by atoms with van der Waals surface area (Å²) >= 11 is 0. The number of para-hydroxylation sites is 1. The molecule has 4 nitrogen and oxygen atoms in total. The molecule has 5 rings (SSSR count). The first-order chi connectivity index (χ1) is 14.8. The number of benzene rings is 2. The van der Waals surface area contributed by atoms with Crippen molar-refractivity contribution in [3.63, 3.8) is 0 Å². The summed E-state index contributed by atoms with van der Waals surface area (Å²) in [6.07, 6.45) is 8.72. The quantitative estimate of drug-likeness (QED) is 0.681. The van der Waals surface area contributed by atoms with Crippen molar-refractivity contribution < 1.29 is 9.31 Å². The van der Waals surface area contributed by atoms with E-state index in [9.17, 15) is 0 Å². The molecule has 3 aliphatic rings. The van der Waals surface area contributed by atoms with Gasteiger partial charge in [0.15, 0.2) is 0 Å². The van der Waals surface area contributed by atoms with Crippen molar-refractivity contribution in [3.05, 3.63) is 72.3 Å². The molecule has 0 aromatic heterocycles. The van der Waals surface area contributed by atoms with Crippen LogP contribution < -0.4 is 10.4 Å². The van der Waals surface area contributed by atoms with Gasteiger partial charge in [0.05, 0.1) is 17.8 Å². The van der Waals surface area contributed by atoms with Crippen molar-refractivity contribution in [2.45, 2.75) is 58.4 Å². The minimum atomic E-state index is -0.422. The van der Waals surface area contributed by atoms with Crippen molar-refractivity contribution in [1.82, 2.24) is 0 Å². The second-order valence-electron chi connectivity index (χ2n) is 9.64. The molecule has 2 aliphatic heterocycles. The number of anilines is 1. The first-order valence-electron chi connectivity index (χ1n) is 11.1. The molecule has 0 fully saturated rings. The summed E-state index contributed by atoms with van der Waals surface area (Å²) in [6.45, 7) is 10.3. The molecule has 5 heteroatoms. The molecule has 1 aliphatic carbocycles. The number of amidine groups is 1. The Hall–Kier alpha value is -2.63. The van der Waals surface area contributed by atoms with Crippen LogP contribution in [0.5, 0.6) is 0 Å². The first-order valence-corrected chi connectivity index (χ1v) is 11.1. The van der Waals surface area contributed by atoms with Crippen LogP contribution in [-0.2, 0) is 9.31 Å². The topological polar surface area (TPSA) is 34.1 Å². The highest BCUT2D eigenvalue weighted by Gasteiger charge is 2.41. The fourth-order valence-corrected chi connectivity index (χ4v) is 4.54. The number of rotatable bonds is 4. The van der Waals surface area contributed by atoms with Gasteiger partial charge in [-0.2, -0.15) is 0 Å². The van der Waals surface area contributed by atoms with E-state index < -0.39 is 7.12 Å². The van der Waals surface area contributed by atoms with E-state index in [4.69, 9.17) is 14.3 Å². The molecular weight excluding hydrogens is 383 g/mol. The van der Waals surface area contributed by atoms with Crippen LogP contribution in [0, 0.1) is 0 Å². The van der Waals surface area contributed by atoms with Crippen LogP contribution >= 0.6 is 0 Å². The van der Waals surface area contributed by atoms with Crippen molar-refractivity contribution in [3.8, 4) is 11.1 Å². The van der Waals surface area contributed by atoms with Gasteiger partial charge in [-0.25, -0.2) is 0 Å². The van der Waals surface area contributed by atoms with E-state index in [0.717, 1.165) is 16.9 Å². The summed E-state index contributed by atoms with van der Waals surface area (Å²) in [4.78, 5) is 7.48. The number of hydrogen-bond donors (Lipinski definition) is 0. The maximum atomic E-state index is 6.30. The molecule has 31 heavy (non-hydrogen) atoms. The summed E-state index contributed by atoms with van der Waals surface area (Å²) < 4.78 is 12.5. The Balaban J connectivity index is 1.63. The smallest absolute Gasteiger partial charge is 0.405 e. The zero-order chi connectivity index (χ0) is 21.8. The minimum Gasteiger partial charge on any atom is -0.405 e. The van der Waals surface area contributed by atoms with E-state index in [1.54, 1.807) is 0 Å². The van der Waals surface area contributed by atoms with Gasteiger partial charge >= 0.3 is 7.12 Å². The highest BCUT2D eigenvalue weighted by atomic mass is 16.6. The summed E-state index contributed by atoms with van der Waals surface area (Å²) in [5.41, 5.74) is 5.50. The fourth-order valence-electron chi connectivity index (χ4n) is 4.54. The summed E-state index contributed by atoms with van der Waals surface area (Å²) in [5.74, 6) is 1.05. The molecule has 2 aromatic carbocycles. The van der Waals surface area contributed by atoms with Crippen LogP contribution in [0.25, 0.3) is 11.1 Å². The molecule has 2 atom stereocenters. The molecule has 0 bridgehead atoms. The molecule has 2 unspecified atom stereocenters. The maximum absolute atomic E-state index is 6.30. The van der Waals surface area contributed by atoms with Crippen molar-refractivity contribution >= 4 is 24.1 Å². The average Bonchev–Trinajstić information content (AvgIpc) is 3.12.